The molecular formula is C12H17N3O4. The summed E-state index contributed by atoms with van der Waals surface area (Å²) >= 11 is 0. The van der Waals surface area contributed by atoms with Gasteiger partial charge in [0, 0.05) is 12.6 Å². The molecule has 0 unspecified atom stereocenters. The number of non-ortho nitro benzene ring substituents is 1. The number of anilines is 1. The van der Waals surface area contributed by atoms with Gasteiger partial charge >= 0.3 is 0 Å². The molecule has 0 fully saturated rings. The first-order chi connectivity index (χ1) is 9.06. The number of hydrogen-bond donors (Lipinski definition) is 1. The van der Waals surface area contributed by atoms with Gasteiger partial charge in [-0.15, -0.1) is 0 Å². The summed E-state index contributed by atoms with van der Waals surface area (Å²) in [6.07, 6.45) is 4.23. The normalized spacial score (nSPS) is 10.2. The molecule has 0 atom stereocenters. The molecule has 1 N–H and O–H groups in total. The molecule has 0 saturated carbocycles. The van der Waals surface area contributed by atoms with Crippen LogP contribution in [0, 0.1) is 20.2 Å². The molecular weight excluding hydrogens is 250 g/mol. The van der Waals surface area contributed by atoms with Crippen LogP contribution in [0.1, 0.15) is 32.6 Å². The fourth-order valence-corrected chi connectivity index (χ4v) is 1.71. The van der Waals surface area contributed by atoms with Crippen LogP contribution in [0.4, 0.5) is 17.1 Å². The molecule has 1 rings (SSSR count). The lowest BCUT2D eigenvalue weighted by molar-refractivity contribution is -0.393. The largest absolute Gasteiger partial charge is 0.379 e. The van der Waals surface area contributed by atoms with Crippen LogP contribution < -0.4 is 5.32 Å². The first-order valence-corrected chi connectivity index (χ1v) is 6.23. The van der Waals surface area contributed by atoms with Gasteiger partial charge in [-0.05, 0) is 12.5 Å². The monoisotopic (exact) mass is 267 g/mol. The van der Waals surface area contributed by atoms with E-state index in [-0.39, 0.29) is 11.4 Å². The third-order valence-electron chi connectivity index (χ3n) is 2.73. The van der Waals surface area contributed by atoms with Gasteiger partial charge in [0.25, 0.3) is 11.4 Å². The lowest BCUT2D eigenvalue weighted by atomic mass is 10.2. The summed E-state index contributed by atoms with van der Waals surface area (Å²) < 4.78 is 0. The molecule has 7 nitrogen and oxygen atoms in total. The lowest BCUT2D eigenvalue weighted by Crippen LogP contribution is -2.04. The predicted octanol–water partition coefficient (Wildman–Crippen LogP) is 3.50. The molecule has 0 amide bonds. The van der Waals surface area contributed by atoms with Crippen LogP contribution in [-0.2, 0) is 0 Å². The molecule has 0 heterocycles. The first kappa shape index (κ1) is 14.9. The molecule has 1 aromatic carbocycles. The zero-order valence-corrected chi connectivity index (χ0v) is 10.8. The molecule has 0 aliphatic carbocycles. The molecule has 104 valence electrons. The van der Waals surface area contributed by atoms with Gasteiger partial charge < -0.3 is 5.32 Å². The van der Waals surface area contributed by atoms with Crippen molar-refractivity contribution in [2.24, 2.45) is 0 Å². The van der Waals surface area contributed by atoms with Crippen LogP contribution in [0.25, 0.3) is 0 Å². The second-order valence-electron chi connectivity index (χ2n) is 4.20. The van der Waals surface area contributed by atoms with Crippen molar-refractivity contribution in [3.63, 3.8) is 0 Å². The Kier molecular flexibility index (Phi) is 5.72. The molecule has 0 aliphatic rings. The number of nitro benzene ring substituents is 2. The molecule has 0 saturated heterocycles. The Morgan fingerprint density at radius 2 is 1.84 bits per heavy atom. The van der Waals surface area contributed by atoms with E-state index in [9.17, 15) is 20.2 Å². The lowest BCUT2D eigenvalue weighted by Gasteiger charge is -2.06. The smallest absolute Gasteiger partial charge is 0.299 e. The minimum Gasteiger partial charge on any atom is -0.379 e. The third-order valence-corrected chi connectivity index (χ3v) is 2.73. The first-order valence-electron chi connectivity index (χ1n) is 6.23. The number of unbranched alkanes of at least 4 members (excludes halogenated alkanes) is 3. The van der Waals surface area contributed by atoms with Gasteiger partial charge in [-0.25, -0.2) is 0 Å². The van der Waals surface area contributed by atoms with E-state index in [4.69, 9.17) is 0 Å². The zero-order valence-electron chi connectivity index (χ0n) is 10.8. The summed E-state index contributed by atoms with van der Waals surface area (Å²) in [7, 11) is 0. The average molecular weight is 267 g/mol. The Labute approximate surface area is 110 Å². The van der Waals surface area contributed by atoms with Gasteiger partial charge in [0.05, 0.1) is 15.9 Å². The van der Waals surface area contributed by atoms with Gasteiger partial charge in [0.1, 0.15) is 5.69 Å². The average Bonchev–Trinajstić information content (AvgIpc) is 2.38. The van der Waals surface area contributed by atoms with Crippen molar-refractivity contribution in [2.45, 2.75) is 32.6 Å². The Morgan fingerprint density at radius 1 is 1.11 bits per heavy atom. The minimum atomic E-state index is -0.641. The highest BCUT2D eigenvalue weighted by atomic mass is 16.6. The van der Waals surface area contributed by atoms with E-state index < -0.39 is 9.85 Å². The van der Waals surface area contributed by atoms with Crippen LogP contribution >= 0.6 is 0 Å². The van der Waals surface area contributed by atoms with Crippen LogP contribution in [0.2, 0.25) is 0 Å². The Morgan fingerprint density at radius 3 is 2.42 bits per heavy atom. The van der Waals surface area contributed by atoms with E-state index >= 15 is 0 Å². The standard InChI is InChI=1S/C12H17N3O4/c1-2-3-4-5-8-13-11-7-6-10(14(16)17)9-12(11)15(18)19/h6-7,9,13H,2-5,8H2,1H3. The molecule has 1 aromatic rings. The third kappa shape index (κ3) is 4.53. The summed E-state index contributed by atoms with van der Waals surface area (Å²) in [6, 6.07) is 3.63. The number of nitrogens with zero attached hydrogens (tertiary/aromatic N) is 2. The summed E-state index contributed by atoms with van der Waals surface area (Å²) in [5.74, 6) is 0. The van der Waals surface area contributed by atoms with Crippen molar-refractivity contribution in [1.82, 2.24) is 0 Å². The number of hydrogen-bond acceptors (Lipinski definition) is 5. The molecule has 0 spiro atoms. The topological polar surface area (TPSA) is 98.3 Å². The molecule has 19 heavy (non-hydrogen) atoms. The van der Waals surface area contributed by atoms with E-state index in [1.165, 1.54) is 12.1 Å². The van der Waals surface area contributed by atoms with Crippen molar-refractivity contribution in [1.29, 1.82) is 0 Å². The van der Waals surface area contributed by atoms with Crippen molar-refractivity contribution < 1.29 is 9.85 Å². The molecule has 0 bridgehead atoms. The van der Waals surface area contributed by atoms with E-state index in [2.05, 4.69) is 12.2 Å². The van der Waals surface area contributed by atoms with Crippen LogP contribution in [-0.4, -0.2) is 16.4 Å². The van der Waals surface area contributed by atoms with E-state index in [1.54, 1.807) is 0 Å². The highest BCUT2D eigenvalue weighted by molar-refractivity contribution is 5.65. The Hall–Kier alpha value is -2.18. The van der Waals surface area contributed by atoms with Crippen molar-refractivity contribution in [2.75, 3.05) is 11.9 Å². The molecule has 0 radical (unpaired) electrons. The highest BCUT2D eigenvalue weighted by Gasteiger charge is 2.18. The van der Waals surface area contributed by atoms with Gasteiger partial charge in [0.15, 0.2) is 0 Å². The second-order valence-corrected chi connectivity index (χ2v) is 4.20. The highest BCUT2D eigenvalue weighted by Crippen LogP contribution is 2.28. The molecule has 0 aromatic heterocycles. The van der Waals surface area contributed by atoms with Crippen molar-refractivity contribution >= 4 is 17.1 Å². The summed E-state index contributed by atoms with van der Waals surface area (Å²) in [5, 5.41) is 24.4. The maximum absolute atomic E-state index is 10.9. The van der Waals surface area contributed by atoms with Gasteiger partial charge in [-0.2, -0.15) is 0 Å². The summed E-state index contributed by atoms with van der Waals surface area (Å²) in [4.78, 5) is 20.2. The predicted molar refractivity (Wildman–Crippen MR) is 72.4 cm³/mol. The quantitative estimate of drug-likeness (QED) is 0.441. The SMILES string of the molecule is CCCCCCNc1ccc([N+](=O)[O-])cc1[N+](=O)[O-]. The number of nitrogens with one attached hydrogen (secondary N) is 1. The number of benzene rings is 1. The fraction of sp³-hybridized carbons (Fsp3) is 0.500. The second kappa shape index (κ2) is 7.30. The minimum absolute atomic E-state index is 0.260. The number of nitro groups is 2. The molecule has 0 aliphatic heterocycles. The van der Waals surface area contributed by atoms with E-state index in [0.29, 0.717) is 12.2 Å². The maximum atomic E-state index is 10.9. The Bertz CT molecular complexity index is 462. The van der Waals surface area contributed by atoms with Crippen LogP contribution in [0.3, 0.4) is 0 Å². The van der Waals surface area contributed by atoms with Gasteiger partial charge in [0.2, 0.25) is 0 Å². The zero-order chi connectivity index (χ0) is 14.3. The van der Waals surface area contributed by atoms with E-state index in [0.717, 1.165) is 31.7 Å². The Balaban J connectivity index is 2.71. The van der Waals surface area contributed by atoms with Crippen molar-refractivity contribution in [3.05, 3.63) is 38.4 Å². The summed E-state index contributed by atoms with van der Waals surface area (Å²) in [6.45, 7) is 2.73. The maximum Gasteiger partial charge on any atom is 0.299 e. The van der Waals surface area contributed by atoms with Crippen molar-refractivity contribution in [3.8, 4) is 0 Å². The van der Waals surface area contributed by atoms with E-state index in [1.807, 2.05) is 0 Å². The molecule has 7 heteroatoms. The van der Waals surface area contributed by atoms with Gasteiger partial charge in [-0.1, -0.05) is 26.2 Å². The van der Waals surface area contributed by atoms with Crippen LogP contribution in [0.5, 0.6) is 0 Å². The number of rotatable bonds is 8. The van der Waals surface area contributed by atoms with Gasteiger partial charge in [-0.3, -0.25) is 20.2 Å². The summed E-state index contributed by atoms with van der Waals surface area (Å²) in [5.41, 5.74) is -0.208. The fourth-order valence-electron chi connectivity index (χ4n) is 1.71. The van der Waals surface area contributed by atoms with Crippen LogP contribution in [0.15, 0.2) is 18.2 Å².